The van der Waals surface area contributed by atoms with Gasteiger partial charge < -0.3 is 24.9 Å². The van der Waals surface area contributed by atoms with Gasteiger partial charge in [0.05, 0.1) is 19.4 Å². The van der Waals surface area contributed by atoms with Gasteiger partial charge in [-0.15, -0.1) is 0 Å². The second-order valence-electron chi connectivity index (χ2n) is 8.25. The van der Waals surface area contributed by atoms with E-state index in [0.29, 0.717) is 30.1 Å². The standard InChI is InChI=1S/C26H28N4O4/c1-3-18-13-21(16-31)30(29-25(18)19-8-11-24(34-2)23(32)14-19)15-17-6-9-20(10-7-17)28-26(33)22-5-4-12-27-22/h4-12,14,16,18,21,27,32H,3,13,15H2,1-2H3,(H,28,33). The van der Waals surface area contributed by atoms with Crippen molar-refractivity contribution in [3.63, 3.8) is 0 Å². The average molecular weight is 461 g/mol. The van der Waals surface area contributed by atoms with Crippen LogP contribution < -0.4 is 10.1 Å². The van der Waals surface area contributed by atoms with Gasteiger partial charge in [0, 0.05) is 23.4 Å². The van der Waals surface area contributed by atoms with Gasteiger partial charge in [-0.3, -0.25) is 9.80 Å². The van der Waals surface area contributed by atoms with E-state index in [9.17, 15) is 14.7 Å². The molecular weight excluding hydrogens is 432 g/mol. The van der Waals surface area contributed by atoms with E-state index < -0.39 is 0 Å². The van der Waals surface area contributed by atoms with Crippen molar-refractivity contribution in [1.82, 2.24) is 9.99 Å². The van der Waals surface area contributed by atoms with Crippen molar-refractivity contribution in [2.24, 2.45) is 11.0 Å². The smallest absolute Gasteiger partial charge is 0.272 e. The monoisotopic (exact) mass is 460 g/mol. The predicted octanol–water partition coefficient (Wildman–Crippen LogP) is 4.18. The maximum absolute atomic E-state index is 12.2. The van der Waals surface area contributed by atoms with Crippen LogP contribution in [-0.4, -0.2) is 46.2 Å². The van der Waals surface area contributed by atoms with Crippen molar-refractivity contribution in [2.45, 2.75) is 32.4 Å². The van der Waals surface area contributed by atoms with E-state index in [1.54, 1.807) is 35.5 Å². The summed E-state index contributed by atoms with van der Waals surface area (Å²) in [7, 11) is 1.51. The van der Waals surface area contributed by atoms with E-state index in [1.807, 2.05) is 30.3 Å². The highest BCUT2D eigenvalue weighted by Gasteiger charge is 2.31. The molecule has 1 aliphatic heterocycles. The number of aromatic nitrogens is 1. The summed E-state index contributed by atoms with van der Waals surface area (Å²) in [5.74, 6) is 0.347. The van der Waals surface area contributed by atoms with Gasteiger partial charge in [-0.05, 0) is 60.9 Å². The first-order valence-electron chi connectivity index (χ1n) is 11.2. The Kier molecular flexibility index (Phi) is 6.96. The second kappa shape index (κ2) is 10.2. The third-order valence-corrected chi connectivity index (χ3v) is 6.06. The van der Waals surface area contributed by atoms with Crippen LogP contribution in [0.2, 0.25) is 0 Å². The van der Waals surface area contributed by atoms with Crippen LogP contribution in [0.4, 0.5) is 5.69 Å². The third kappa shape index (κ3) is 4.96. The van der Waals surface area contributed by atoms with Crippen LogP contribution in [0.25, 0.3) is 0 Å². The van der Waals surface area contributed by atoms with E-state index in [4.69, 9.17) is 9.84 Å². The summed E-state index contributed by atoms with van der Waals surface area (Å²) >= 11 is 0. The zero-order valence-corrected chi connectivity index (χ0v) is 19.2. The number of aromatic amines is 1. The fraction of sp³-hybridized carbons (Fsp3) is 0.269. The molecule has 2 atom stereocenters. The summed E-state index contributed by atoms with van der Waals surface area (Å²) in [4.78, 5) is 27.0. The number of nitrogens with zero attached hydrogens (tertiary/aromatic N) is 2. The maximum Gasteiger partial charge on any atom is 0.272 e. The quantitative estimate of drug-likeness (QED) is 0.437. The maximum atomic E-state index is 12.2. The normalized spacial score (nSPS) is 17.7. The van der Waals surface area contributed by atoms with E-state index in [0.717, 1.165) is 29.5 Å². The Balaban J connectivity index is 1.54. The van der Waals surface area contributed by atoms with Crippen molar-refractivity contribution in [3.8, 4) is 11.5 Å². The van der Waals surface area contributed by atoms with Gasteiger partial charge in [0.2, 0.25) is 0 Å². The minimum atomic E-state index is -0.340. The number of hydrazone groups is 1. The lowest BCUT2D eigenvalue weighted by atomic mass is 9.87. The highest BCUT2D eigenvalue weighted by Crippen LogP contribution is 2.32. The largest absolute Gasteiger partial charge is 0.504 e. The molecule has 4 rings (SSSR count). The lowest BCUT2D eigenvalue weighted by molar-refractivity contribution is -0.113. The number of carbonyl (C=O) groups excluding carboxylic acids is 2. The van der Waals surface area contributed by atoms with Crippen LogP contribution >= 0.6 is 0 Å². The van der Waals surface area contributed by atoms with Gasteiger partial charge in [-0.1, -0.05) is 19.1 Å². The Morgan fingerprint density at radius 1 is 1.26 bits per heavy atom. The van der Waals surface area contributed by atoms with Crippen LogP contribution in [-0.2, 0) is 11.3 Å². The summed E-state index contributed by atoms with van der Waals surface area (Å²) in [5, 5.41) is 19.7. The van der Waals surface area contributed by atoms with Crippen LogP contribution in [0.1, 0.15) is 41.4 Å². The Morgan fingerprint density at radius 3 is 2.68 bits per heavy atom. The molecule has 0 radical (unpaired) electrons. The molecule has 1 aromatic heterocycles. The first kappa shape index (κ1) is 23.1. The minimum absolute atomic E-state index is 0.0543. The lowest BCUT2D eigenvalue weighted by Gasteiger charge is -2.35. The fourth-order valence-corrected chi connectivity index (χ4v) is 4.15. The van der Waals surface area contributed by atoms with Gasteiger partial charge in [0.15, 0.2) is 11.5 Å². The number of hydrogen-bond acceptors (Lipinski definition) is 6. The molecule has 0 bridgehead atoms. The minimum Gasteiger partial charge on any atom is -0.504 e. The molecule has 0 saturated carbocycles. The number of nitrogens with one attached hydrogen (secondary N) is 2. The summed E-state index contributed by atoms with van der Waals surface area (Å²) in [6.45, 7) is 2.51. The molecule has 3 N–H and O–H groups in total. The number of phenols is 1. The summed E-state index contributed by atoms with van der Waals surface area (Å²) in [6, 6.07) is 15.9. The zero-order valence-electron chi connectivity index (χ0n) is 19.2. The molecule has 8 nitrogen and oxygen atoms in total. The molecule has 0 aliphatic carbocycles. The SMILES string of the molecule is CCC1CC(C=O)N(Cc2ccc(NC(=O)c3ccc[nH]3)cc2)N=C1c1ccc(OC)c(O)c1. The number of aldehydes is 1. The fourth-order valence-electron chi connectivity index (χ4n) is 4.15. The topological polar surface area (TPSA) is 107 Å². The number of aromatic hydroxyl groups is 1. The number of carbonyl (C=O) groups is 2. The molecular formula is C26H28N4O4. The zero-order chi connectivity index (χ0) is 24.1. The van der Waals surface area contributed by atoms with Gasteiger partial charge in [0.1, 0.15) is 18.0 Å². The van der Waals surface area contributed by atoms with Gasteiger partial charge in [-0.25, -0.2) is 0 Å². The molecule has 2 heterocycles. The van der Waals surface area contributed by atoms with Crippen molar-refractivity contribution in [2.75, 3.05) is 12.4 Å². The Bertz CT molecular complexity index is 1170. The Hall–Kier alpha value is -4.07. The molecule has 1 amide bonds. The van der Waals surface area contributed by atoms with Gasteiger partial charge in [0.25, 0.3) is 5.91 Å². The molecule has 0 fully saturated rings. The number of H-pyrrole nitrogens is 1. The predicted molar refractivity (Wildman–Crippen MR) is 130 cm³/mol. The molecule has 2 aromatic carbocycles. The van der Waals surface area contributed by atoms with E-state index in [1.165, 1.54) is 7.11 Å². The summed E-state index contributed by atoms with van der Waals surface area (Å²) in [5.41, 5.74) is 3.77. The number of phenolic OH excluding ortho intramolecular Hbond substituents is 1. The Labute approximate surface area is 198 Å². The molecule has 2 unspecified atom stereocenters. The highest BCUT2D eigenvalue weighted by molar-refractivity contribution is 6.03. The number of benzene rings is 2. The number of amides is 1. The number of rotatable bonds is 8. The van der Waals surface area contributed by atoms with Crippen LogP contribution in [0, 0.1) is 5.92 Å². The second-order valence-corrected chi connectivity index (χ2v) is 8.25. The lowest BCUT2D eigenvalue weighted by Crippen LogP contribution is -2.41. The number of methoxy groups -OCH3 is 1. The van der Waals surface area contributed by atoms with Gasteiger partial charge in [-0.2, -0.15) is 5.10 Å². The highest BCUT2D eigenvalue weighted by atomic mass is 16.5. The number of ether oxygens (including phenoxy) is 1. The molecule has 0 saturated heterocycles. The number of hydrogen-bond donors (Lipinski definition) is 3. The van der Waals surface area contributed by atoms with Gasteiger partial charge >= 0.3 is 0 Å². The first-order valence-corrected chi connectivity index (χ1v) is 11.2. The van der Waals surface area contributed by atoms with Crippen molar-refractivity contribution in [1.29, 1.82) is 0 Å². The third-order valence-electron chi connectivity index (χ3n) is 6.06. The van der Waals surface area contributed by atoms with Crippen molar-refractivity contribution < 1.29 is 19.4 Å². The molecule has 1 aliphatic rings. The van der Waals surface area contributed by atoms with E-state index in [2.05, 4.69) is 17.2 Å². The summed E-state index contributed by atoms with van der Waals surface area (Å²) < 4.78 is 5.16. The van der Waals surface area contributed by atoms with Crippen LogP contribution in [0.15, 0.2) is 65.9 Å². The average Bonchev–Trinajstić information content (AvgIpc) is 3.40. The molecule has 34 heavy (non-hydrogen) atoms. The van der Waals surface area contributed by atoms with Crippen molar-refractivity contribution in [3.05, 3.63) is 77.6 Å². The molecule has 0 spiro atoms. The summed E-state index contributed by atoms with van der Waals surface area (Å²) in [6.07, 6.45) is 4.12. The van der Waals surface area contributed by atoms with E-state index >= 15 is 0 Å². The molecule has 8 heteroatoms. The van der Waals surface area contributed by atoms with Crippen molar-refractivity contribution >= 4 is 23.6 Å². The molecule has 3 aromatic rings. The number of anilines is 1. The van der Waals surface area contributed by atoms with Crippen LogP contribution in [0.5, 0.6) is 11.5 Å². The Morgan fingerprint density at radius 2 is 2.06 bits per heavy atom. The van der Waals surface area contributed by atoms with E-state index in [-0.39, 0.29) is 23.6 Å². The first-order chi connectivity index (χ1) is 16.5. The van der Waals surface area contributed by atoms with Crippen LogP contribution in [0.3, 0.4) is 0 Å². The molecule has 176 valence electrons.